The molecule has 0 aromatic heterocycles. The number of hydrogen-bond acceptors (Lipinski definition) is 3. The van der Waals surface area contributed by atoms with Crippen molar-refractivity contribution < 1.29 is 9.53 Å². The van der Waals surface area contributed by atoms with E-state index >= 15 is 0 Å². The smallest absolute Gasteiger partial charge is 0.321 e. The van der Waals surface area contributed by atoms with Crippen molar-refractivity contribution in [3.8, 4) is 5.75 Å². The van der Waals surface area contributed by atoms with Gasteiger partial charge in [0.25, 0.3) is 0 Å². The molecule has 2 heterocycles. The van der Waals surface area contributed by atoms with Crippen LogP contribution in [-0.4, -0.2) is 53.7 Å². The van der Waals surface area contributed by atoms with E-state index in [-0.39, 0.29) is 11.6 Å². The second-order valence-corrected chi connectivity index (χ2v) is 7.81. The van der Waals surface area contributed by atoms with E-state index in [0.29, 0.717) is 6.04 Å². The fourth-order valence-electron chi connectivity index (χ4n) is 3.39. The summed E-state index contributed by atoms with van der Waals surface area (Å²) < 4.78 is 5.81. The molecule has 1 aromatic rings. The van der Waals surface area contributed by atoms with Crippen molar-refractivity contribution in [2.24, 2.45) is 0 Å². The number of rotatable bonds is 3. The van der Waals surface area contributed by atoms with Gasteiger partial charge in [-0.25, -0.2) is 4.79 Å². The van der Waals surface area contributed by atoms with Crippen molar-refractivity contribution >= 4 is 11.7 Å². The van der Waals surface area contributed by atoms with Crippen LogP contribution in [-0.2, 0) is 0 Å². The van der Waals surface area contributed by atoms with E-state index in [2.05, 4.69) is 22.4 Å². The molecular formula is C20H29N3O2. The summed E-state index contributed by atoms with van der Waals surface area (Å²) in [5.41, 5.74) is 0.581. The van der Waals surface area contributed by atoms with E-state index < -0.39 is 0 Å². The lowest BCUT2D eigenvalue weighted by molar-refractivity contribution is 0.131. The van der Waals surface area contributed by atoms with Gasteiger partial charge in [0, 0.05) is 37.9 Å². The molecule has 0 atom stereocenters. The van der Waals surface area contributed by atoms with Crippen molar-refractivity contribution in [2.75, 3.05) is 31.5 Å². The highest BCUT2D eigenvalue weighted by Crippen LogP contribution is 2.22. The number of urea groups is 1. The number of piperidine rings is 1. The molecule has 1 fully saturated rings. The Hall–Kier alpha value is -2.01. The molecule has 0 radical (unpaired) electrons. The molecule has 2 aliphatic heterocycles. The molecule has 0 spiro atoms. The van der Waals surface area contributed by atoms with Crippen molar-refractivity contribution in [2.45, 2.75) is 45.3 Å². The quantitative estimate of drug-likeness (QED) is 0.851. The SMILES string of the molecule is CC(C)(C)Oc1ccc(NC(=O)N2CCC(N3CC=CC3)CC2)cc1. The van der Waals surface area contributed by atoms with Gasteiger partial charge in [-0.15, -0.1) is 0 Å². The number of nitrogens with one attached hydrogen (secondary N) is 1. The predicted molar refractivity (Wildman–Crippen MR) is 101 cm³/mol. The van der Waals surface area contributed by atoms with Crippen LogP contribution in [0.4, 0.5) is 10.5 Å². The molecule has 2 amide bonds. The first-order valence-corrected chi connectivity index (χ1v) is 9.15. The molecule has 2 aliphatic rings. The standard InChI is InChI=1S/C20H29N3O2/c1-20(2,3)25-18-8-6-16(7-9-18)21-19(24)23-14-10-17(11-15-23)22-12-4-5-13-22/h4-9,17H,10-15H2,1-3H3,(H,21,24). The molecule has 1 saturated heterocycles. The highest BCUT2D eigenvalue weighted by atomic mass is 16.5. The minimum atomic E-state index is -0.222. The average molecular weight is 343 g/mol. The lowest BCUT2D eigenvalue weighted by atomic mass is 10.0. The maximum absolute atomic E-state index is 12.5. The van der Waals surface area contributed by atoms with Gasteiger partial charge in [0.2, 0.25) is 0 Å². The van der Waals surface area contributed by atoms with Crippen LogP contribution in [0.5, 0.6) is 5.75 Å². The van der Waals surface area contributed by atoms with Crippen LogP contribution in [0.2, 0.25) is 0 Å². The molecule has 5 nitrogen and oxygen atoms in total. The van der Waals surface area contributed by atoms with Crippen molar-refractivity contribution in [3.63, 3.8) is 0 Å². The maximum atomic E-state index is 12.5. The second-order valence-electron chi connectivity index (χ2n) is 7.81. The first-order valence-electron chi connectivity index (χ1n) is 9.15. The number of hydrogen-bond donors (Lipinski definition) is 1. The Labute approximate surface area is 150 Å². The van der Waals surface area contributed by atoms with Gasteiger partial charge in [-0.3, -0.25) is 4.90 Å². The van der Waals surface area contributed by atoms with E-state index in [9.17, 15) is 4.79 Å². The molecule has 1 N–H and O–H groups in total. The van der Waals surface area contributed by atoms with Gasteiger partial charge in [-0.05, 0) is 57.9 Å². The zero-order valence-corrected chi connectivity index (χ0v) is 15.5. The molecule has 5 heteroatoms. The zero-order chi connectivity index (χ0) is 17.9. The summed E-state index contributed by atoms with van der Waals surface area (Å²) in [5.74, 6) is 0.811. The van der Waals surface area contributed by atoms with Crippen LogP contribution in [0.1, 0.15) is 33.6 Å². The van der Waals surface area contributed by atoms with Crippen molar-refractivity contribution in [1.82, 2.24) is 9.80 Å². The number of likely N-dealkylation sites (tertiary alicyclic amines) is 1. The normalized spacial score (nSPS) is 19.2. The maximum Gasteiger partial charge on any atom is 0.321 e. The van der Waals surface area contributed by atoms with Gasteiger partial charge in [-0.2, -0.15) is 0 Å². The van der Waals surface area contributed by atoms with E-state index in [4.69, 9.17) is 4.74 Å². The predicted octanol–water partition coefficient (Wildman–Crippen LogP) is 3.73. The molecule has 0 bridgehead atoms. The molecule has 0 saturated carbocycles. The monoisotopic (exact) mass is 343 g/mol. The lowest BCUT2D eigenvalue weighted by Crippen LogP contribution is -2.47. The van der Waals surface area contributed by atoms with Gasteiger partial charge in [0.1, 0.15) is 11.4 Å². The van der Waals surface area contributed by atoms with Gasteiger partial charge in [0.05, 0.1) is 0 Å². The Bertz CT molecular complexity index is 603. The van der Waals surface area contributed by atoms with Crippen molar-refractivity contribution in [1.29, 1.82) is 0 Å². The minimum absolute atomic E-state index is 0.0116. The topological polar surface area (TPSA) is 44.8 Å². The Morgan fingerprint density at radius 2 is 1.68 bits per heavy atom. The van der Waals surface area contributed by atoms with Crippen LogP contribution < -0.4 is 10.1 Å². The third-order valence-electron chi connectivity index (χ3n) is 4.64. The first-order chi connectivity index (χ1) is 11.9. The Balaban J connectivity index is 1.47. The van der Waals surface area contributed by atoms with Crippen LogP contribution in [0.25, 0.3) is 0 Å². The number of ether oxygens (including phenoxy) is 1. The third-order valence-corrected chi connectivity index (χ3v) is 4.64. The third kappa shape index (κ3) is 4.98. The summed E-state index contributed by atoms with van der Waals surface area (Å²) in [6, 6.07) is 8.17. The molecule has 0 unspecified atom stereocenters. The van der Waals surface area contributed by atoms with E-state index in [1.165, 1.54) is 0 Å². The van der Waals surface area contributed by atoms with E-state index in [1.54, 1.807) is 0 Å². The van der Waals surface area contributed by atoms with E-state index in [1.807, 2.05) is 49.9 Å². The van der Waals surface area contributed by atoms with Crippen LogP contribution in [0, 0.1) is 0 Å². The summed E-state index contributed by atoms with van der Waals surface area (Å²) >= 11 is 0. The molecular weight excluding hydrogens is 314 g/mol. The van der Waals surface area contributed by atoms with Gasteiger partial charge in [-0.1, -0.05) is 12.2 Å². The minimum Gasteiger partial charge on any atom is -0.488 e. The van der Waals surface area contributed by atoms with Gasteiger partial charge >= 0.3 is 6.03 Å². The fraction of sp³-hybridized carbons (Fsp3) is 0.550. The highest BCUT2D eigenvalue weighted by molar-refractivity contribution is 5.89. The number of nitrogens with zero attached hydrogens (tertiary/aromatic N) is 2. The van der Waals surface area contributed by atoms with Crippen molar-refractivity contribution in [3.05, 3.63) is 36.4 Å². The number of anilines is 1. The molecule has 3 rings (SSSR count). The Kier molecular flexibility index (Phi) is 5.33. The number of carbonyl (C=O) groups is 1. The molecule has 136 valence electrons. The van der Waals surface area contributed by atoms with Gasteiger partial charge in [0.15, 0.2) is 0 Å². The lowest BCUT2D eigenvalue weighted by Gasteiger charge is -2.36. The summed E-state index contributed by atoms with van der Waals surface area (Å²) in [7, 11) is 0. The number of carbonyl (C=O) groups excluding carboxylic acids is 1. The van der Waals surface area contributed by atoms with Crippen LogP contribution in [0.15, 0.2) is 36.4 Å². The summed E-state index contributed by atoms with van der Waals surface area (Å²) in [6.07, 6.45) is 6.55. The van der Waals surface area contributed by atoms with Crippen LogP contribution in [0.3, 0.4) is 0 Å². The largest absolute Gasteiger partial charge is 0.488 e. The van der Waals surface area contributed by atoms with Crippen LogP contribution >= 0.6 is 0 Å². The summed E-state index contributed by atoms with van der Waals surface area (Å²) in [6.45, 7) is 9.80. The second kappa shape index (κ2) is 7.48. The number of amides is 2. The fourth-order valence-corrected chi connectivity index (χ4v) is 3.39. The molecule has 1 aromatic carbocycles. The summed E-state index contributed by atoms with van der Waals surface area (Å²) in [4.78, 5) is 16.9. The Morgan fingerprint density at radius 1 is 1.08 bits per heavy atom. The number of benzene rings is 1. The average Bonchev–Trinajstić information content (AvgIpc) is 3.10. The molecule has 25 heavy (non-hydrogen) atoms. The van der Waals surface area contributed by atoms with E-state index in [0.717, 1.165) is 50.5 Å². The first kappa shape index (κ1) is 17.8. The highest BCUT2D eigenvalue weighted by Gasteiger charge is 2.27. The van der Waals surface area contributed by atoms with Gasteiger partial charge < -0.3 is 15.0 Å². The zero-order valence-electron chi connectivity index (χ0n) is 15.5. The molecule has 0 aliphatic carbocycles. The Morgan fingerprint density at radius 3 is 2.24 bits per heavy atom. The summed E-state index contributed by atoms with van der Waals surface area (Å²) in [5, 5.41) is 2.99.